The number of hydrogen-bond donors (Lipinski definition) is 2. The molecule has 4 nitrogen and oxygen atoms in total. The maximum atomic E-state index is 12.1. The molecule has 1 heterocycles. The fourth-order valence-corrected chi connectivity index (χ4v) is 2.53. The molecule has 0 spiro atoms. The second kappa shape index (κ2) is 4.68. The lowest BCUT2D eigenvalue weighted by Crippen LogP contribution is -2.03. The summed E-state index contributed by atoms with van der Waals surface area (Å²) in [5.74, 6) is -0.757. The SMILES string of the molecule is O=c1oc2c(O)c(O)ccc2cc1-c1ccccc1Br. The third kappa shape index (κ3) is 1.96. The van der Waals surface area contributed by atoms with Crippen molar-refractivity contribution >= 4 is 26.9 Å². The first-order valence-corrected chi connectivity index (χ1v) is 6.61. The summed E-state index contributed by atoms with van der Waals surface area (Å²) >= 11 is 3.39. The Morgan fingerprint density at radius 2 is 1.75 bits per heavy atom. The number of phenols is 2. The predicted octanol–water partition coefficient (Wildman–Crippen LogP) is 3.63. The molecule has 3 rings (SSSR count). The molecule has 0 aliphatic carbocycles. The summed E-state index contributed by atoms with van der Waals surface area (Å²) in [6.45, 7) is 0. The fraction of sp³-hybridized carbons (Fsp3) is 0. The Morgan fingerprint density at radius 3 is 2.50 bits per heavy atom. The first kappa shape index (κ1) is 12.7. The normalized spacial score (nSPS) is 10.8. The van der Waals surface area contributed by atoms with Crippen molar-refractivity contribution in [2.75, 3.05) is 0 Å². The smallest absolute Gasteiger partial charge is 0.344 e. The van der Waals surface area contributed by atoms with Gasteiger partial charge in [0.1, 0.15) is 0 Å². The molecule has 3 aromatic rings. The second-order valence-electron chi connectivity index (χ2n) is 4.28. The van der Waals surface area contributed by atoms with Crippen LogP contribution < -0.4 is 5.63 Å². The Labute approximate surface area is 122 Å². The number of phenolic OH excluding ortho intramolecular Hbond substituents is 2. The summed E-state index contributed by atoms with van der Waals surface area (Å²) in [5, 5.41) is 19.7. The molecular weight excluding hydrogens is 324 g/mol. The highest BCUT2D eigenvalue weighted by molar-refractivity contribution is 9.10. The molecule has 1 aromatic heterocycles. The topological polar surface area (TPSA) is 70.7 Å². The third-order valence-corrected chi connectivity index (χ3v) is 3.71. The number of fused-ring (bicyclic) bond motifs is 1. The zero-order valence-corrected chi connectivity index (χ0v) is 11.7. The monoisotopic (exact) mass is 332 g/mol. The summed E-state index contributed by atoms with van der Waals surface area (Å²) in [6, 6.07) is 11.8. The lowest BCUT2D eigenvalue weighted by molar-refractivity contribution is 0.398. The van der Waals surface area contributed by atoms with Gasteiger partial charge in [0, 0.05) is 15.4 Å². The quantitative estimate of drug-likeness (QED) is 0.527. The first-order chi connectivity index (χ1) is 9.58. The number of halogens is 1. The maximum Gasteiger partial charge on any atom is 0.344 e. The molecule has 0 saturated carbocycles. The van der Waals surface area contributed by atoms with Gasteiger partial charge in [0.05, 0.1) is 5.56 Å². The first-order valence-electron chi connectivity index (χ1n) is 5.81. The molecule has 0 fully saturated rings. The summed E-state index contributed by atoms with van der Waals surface area (Å²) in [4.78, 5) is 12.1. The van der Waals surface area contributed by atoms with Crippen LogP contribution in [-0.4, -0.2) is 10.2 Å². The van der Waals surface area contributed by atoms with Gasteiger partial charge in [0.2, 0.25) is 5.75 Å². The highest BCUT2D eigenvalue weighted by Crippen LogP contribution is 2.35. The Hall–Kier alpha value is -2.27. The van der Waals surface area contributed by atoms with Gasteiger partial charge < -0.3 is 14.6 Å². The van der Waals surface area contributed by atoms with Crippen LogP contribution in [0.1, 0.15) is 0 Å². The lowest BCUT2D eigenvalue weighted by Gasteiger charge is -2.06. The van der Waals surface area contributed by atoms with Crippen LogP contribution in [0.4, 0.5) is 0 Å². The highest BCUT2D eigenvalue weighted by atomic mass is 79.9. The van der Waals surface area contributed by atoms with E-state index in [1.54, 1.807) is 18.2 Å². The maximum absolute atomic E-state index is 12.1. The van der Waals surface area contributed by atoms with Crippen molar-refractivity contribution in [2.24, 2.45) is 0 Å². The van der Waals surface area contributed by atoms with E-state index in [1.807, 2.05) is 18.2 Å². The zero-order valence-electron chi connectivity index (χ0n) is 10.1. The molecule has 0 saturated heterocycles. The van der Waals surface area contributed by atoms with Gasteiger partial charge in [-0.1, -0.05) is 34.1 Å². The summed E-state index contributed by atoms with van der Waals surface area (Å²) in [6.07, 6.45) is 0. The van der Waals surface area contributed by atoms with Crippen molar-refractivity contribution in [3.8, 4) is 22.6 Å². The molecule has 0 aliphatic rings. The minimum absolute atomic E-state index is 0.0224. The number of benzene rings is 2. The predicted molar refractivity (Wildman–Crippen MR) is 78.9 cm³/mol. The number of hydrogen-bond acceptors (Lipinski definition) is 4. The van der Waals surface area contributed by atoms with Gasteiger partial charge in [-0.3, -0.25) is 0 Å². The number of rotatable bonds is 1. The van der Waals surface area contributed by atoms with Gasteiger partial charge in [-0.2, -0.15) is 0 Å². The van der Waals surface area contributed by atoms with Gasteiger partial charge in [-0.15, -0.1) is 0 Å². The van der Waals surface area contributed by atoms with Crippen LogP contribution in [0.5, 0.6) is 11.5 Å². The molecule has 5 heteroatoms. The van der Waals surface area contributed by atoms with Gasteiger partial charge >= 0.3 is 5.63 Å². The average molecular weight is 333 g/mol. The van der Waals surface area contributed by atoms with Crippen molar-refractivity contribution in [1.82, 2.24) is 0 Å². The van der Waals surface area contributed by atoms with Crippen LogP contribution in [0, 0.1) is 0 Å². The van der Waals surface area contributed by atoms with Gasteiger partial charge in [-0.25, -0.2) is 4.79 Å². The summed E-state index contributed by atoms with van der Waals surface area (Å²) in [5.41, 5.74) is 0.488. The Kier molecular flexibility index (Phi) is 2.99. The van der Waals surface area contributed by atoms with Gasteiger partial charge in [-0.05, 0) is 24.3 Å². The van der Waals surface area contributed by atoms with Crippen molar-refractivity contribution in [1.29, 1.82) is 0 Å². The minimum atomic E-state index is -0.578. The van der Waals surface area contributed by atoms with Crippen molar-refractivity contribution in [3.63, 3.8) is 0 Å². The van der Waals surface area contributed by atoms with Crippen molar-refractivity contribution in [3.05, 3.63) is 57.4 Å². The second-order valence-corrected chi connectivity index (χ2v) is 5.13. The molecule has 0 radical (unpaired) electrons. The van der Waals surface area contributed by atoms with E-state index in [2.05, 4.69) is 15.9 Å². The highest BCUT2D eigenvalue weighted by Gasteiger charge is 2.14. The minimum Gasteiger partial charge on any atom is -0.504 e. The van der Waals surface area contributed by atoms with E-state index in [-0.39, 0.29) is 11.3 Å². The standard InChI is InChI=1S/C15H9BrO4/c16-11-4-2-1-3-9(11)10-7-8-5-6-12(17)13(18)14(8)20-15(10)19/h1-7,17-18H. The van der Waals surface area contributed by atoms with E-state index in [9.17, 15) is 15.0 Å². The van der Waals surface area contributed by atoms with Gasteiger partial charge in [0.15, 0.2) is 11.3 Å². The molecule has 2 N–H and O–H groups in total. The molecule has 0 aliphatic heterocycles. The average Bonchev–Trinajstić information content (AvgIpc) is 2.44. The molecule has 0 unspecified atom stereocenters. The Bertz CT molecular complexity index is 867. The summed E-state index contributed by atoms with van der Waals surface area (Å²) in [7, 11) is 0. The molecule has 100 valence electrons. The van der Waals surface area contributed by atoms with Crippen LogP contribution in [0.3, 0.4) is 0 Å². The van der Waals surface area contributed by atoms with Crippen LogP contribution in [0.15, 0.2) is 56.1 Å². The van der Waals surface area contributed by atoms with Gasteiger partial charge in [0.25, 0.3) is 0 Å². The van der Waals surface area contributed by atoms with E-state index in [1.165, 1.54) is 6.07 Å². The van der Waals surface area contributed by atoms with E-state index < -0.39 is 11.4 Å². The van der Waals surface area contributed by atoms with Crippen LogP contribution in [0.25, 0.3) is 22.1 Å². The molecule has 2 aromatic carbocycles. The summed E-state index contributed by atoms with van der Waals surface area (Å²) < 4.78 is 5.90. The molecule has 0 bridgehead atoms. The molecular formula is C15H9BrO4. The van der Waals surface area contributed by atoms with E-state index in [0.717, 1.165) is 4.47 Å². The molecule has 0 atom stereocenters. The van der Waals surface area contributed by atoms with Crippen molar-refractivity contribution < 1.29 is 14.6 Å². The van der Waals surface area contributed by atoms with Crippen LogP contribution in [-0.2, 0) is 0 Å². The largest absolute Gasteiger partial charge is 0.504 e. The lowest BCUT2D eigenvalue weighted by atomic mass is 10.1. The van der Waals surface area contributed by atoms with Crippen molar-refractivity contribution in [2.45, 2.75) is 0 Å². The molecule has 0 amide bonds. The molecule has 20 heavy (non-hydrogen) atoms. The van der Waals surface area contributed by atoms with E-state index >= 15 is 0 Å². The third-order valence-electron chi connectivity index (χ3n) is 3.02. The Balaban J connectivity index is 2.35. The van der Waals surface area contributed by atoms with E-state index in [0.29, 0.717) is 16.5 Å². The number of aromatic hydroxyl groups is 2. The zero-order chi connectivity index (χ0) is 14.3. The van der Waals surface area contributed by atoms with E-state index in [4.69, 9.17) is 4.42 Å². The van der Waals surface area contributed by atoms with Crippen LogP contribution >= 0.6 is 15.9 Å². The Morgan fingerprint density at radius 1 is 1.00 bits per heavy atom. The van der Waals surface area contributed by atoms with Crippen LogP contribution in [0.2, 0.25) is 0 Å². The fourth-order valence-electron chi connectivity index (χ4n) is 2.03.